The van der Waals surface area contributed by atoms with Crippen LogP contribution in [-0.2, 0) is 4.79 Å². The number of aliphatic hydroxyl groups excluding tert-OH is 1. The summed E-state index contributed by atoms with van der Waals surface area (Å²) in [6.07, 6.45) is 0.457. The third kappa shape index (κ3) is 1.68. The van der Waals surface area contributed by atoms with E-state index in [4.69, 9.17) is 10.2 Å². The third-order valence-corrected chi connectivity index (χ3v) is 1.65. The number of carbonyl (C=O) groups is 1. The van der Waals surface area contributed by atoms with Crippen molar-refractivity contribution in [3.05, 3.63) is 0 Å². The topological polar surface area (TPSA) is 57.5 Å². The van der Waals surface area contributed by atoms with Crippen LogP contribution in [0.2, 0.25) is 0 Å². The molecule has 0 aliphatic rings. The summed E-state index contributed by atoms with van der Waals surface area (Å²) in [6.45, 7) is 2.97. The molecule has 3 nitrogen and oxygen atoms in total. The zero-order valence-electron chi connectivity index (χ0n) is 5.72. The molecule has 0 radical (unpaired) electrons. The normalized spacial score (nSPS) is 16.8. The zero-order valence-corrected chi connectivity index (χ0v) is 5.72. The summed E-state index contributed by atoms with van der Waals surface area (Å²) in [7, 11) is 0. The van der Waals surface area contributed by atoms with Crippen LogP contribution in [0.5, 0.6) is 0 Å². The fraction of sp³-hybridized carbons (Fsp3) is 0.833. The molecule has 2 N–H and O–H groups in total. The van der Waals surface area contributed by atoms with Crippen LogP contribution < -0.4 is 0 Å². The minimum absolute atomic E-state index is 0.293. The first-order chi connectivity index (χ1) is 4.06. The summed E-state index contributed by atoms with van der Waals surface area (Å²) in [4.78, 5) is 10.3. The standard InChI is InChI=1S/C6H12O3/c1-3-6(2,4-7)5(8)9/h7H,3-4H2,1-2H3,(H,8,9). The molecule has 0 saturated heterocycles. The quantitative estimate of drug-likeness (QED) is 0.587. The second kappa shape index (κ2) is 2.82. The Bertz CT molecular complexity index is 105. The van der Waals surface area contributed by atoms with Gasteiger partial charge in [0.1, 0.15) is 0 Å². The second-order valence-electron chi connectivity index (χ2n) is 2.38. The van der Waals surface area contributed by atoms with E-state index < -0.39 is 11.4 Å². The second-order valence-corrected chi connectivity index (χ2v) is 2.38. The van der Waals surface area contributed by atoms with E-state index in [0.29, 0.717) is 6.42 Å². The van der Waals surface area contributed by atoms with Crippen LogP contribution in [0.4, 0.5) is 0 Å². The third-order valence-electron chi connectivity index (χ3n) is 1.65. The average molecular weight is 132 g/mol. The number of carboxylic acid groups (broad SMARTS) is 1. The van der Waals surface area contributed by atoms with Crippen molar-refractivity contribution in [3.63, 3.8) is 0 Å². The van der Waals surface area contributed by atoms with Crippen molar-refractivity contribution in [3.8, 4) is 0 Å². The van der Waals surface area contributed by atoms with Crippen molar-refractivity contribution < 1.29 is 15.0 Å². The molecule has 3 heteroatoms. The Morgan fingerprint density at radius 1 is 1.67 bits per heavy atom. The van der Waals surface area contributed by atoms with Crippen LogP contribution >= 0.6 is 0 Å². The van der Waals surface area contributed by atoms with E-state index >= 15 is 0 Å². The Morgan fingerprint density at radius 3 is 2.11 bits per heavy atom. The highest BCUT2D eigenvalue weighted by Crippen LogP contribution is 2.19. The lowest BCUT2D eigenvalue weighted by Gasteiger charge is -2.18. The molecule has 0 saturated carbocycles. The molecule has 0 aliphatic carbocycles. The van der Waals surface area contributed by atoms with Gasteiger partial charge in [-0.15, -0.1) is 0 Å². The van der Waals surface area contributed by atoms with Gasteiger partial charge in [-0.1, -0.05) is 6.92 Å². The lowest BCUT2D eigenvalue weighted by molar-refractivity contribution is -0.150. The smallest absolute Gasteiger partial charge is 0.311 e. The van der Waals surface area contributed by atoms with Crippen molar-refractivity contribution in [1.29, 1.82) is 0 Å². The van der Waals surface area contributed by atoms with Crippen molar-refractivity contribution >= 4 is 5.97 Å². The van der Waals surface area contributed by atoms with Gasteiger partial charge in [0.05, 0.1) is 12.0 Å². The predicted octanol–water partition coefficient (Wildman–Crippen LogP) is 0.480. The number of rotatable bonds is 3. The fourth-order valence-electron chi connectivity index (χ4n) is 0.331. The van der Waals surface area contributed by atoms with E-state index in [0.717, 1.165) is 0 Å². The van der Waals surface area contributed by atoms with E-state index in [1.54, 1.807) is 6.92 Å². The van der Waals surface area contributed by atoms with Crippen LogP contribution in [0.1, 0.15) is 20.3 Å². The fourth-order valence-corrected chi connectivity index (χ4v) is 0.331. The van der Waals surface area contributed by atoms with Gasteiger partial charge in [0.25, 0.3) is 0 Å². The Morgan fingerprint density at radius 2 is 2.11 bits per heavy atom. The van der Waals surface area contributed by atoms with Crippen LogP contribution in [0.25, 0.3) is 0 Å². The number of carboxylic acids is 1. The van der Waals surface area contributed by atoms with Crippen molar-refractivity contribution in [1.82, 2.24) is 0 Å². The molecule has 0 aromatic carbocycles. The molecule has 0 aliphatic heterocycles. The first-order valence-corrected chi connectivity index (χ1v) is 2.91. The van der Waals surface area contributed by atoms with Gasteiger partial charge in [0.15, 0.2) is 0 Å². The van der Waals surface area contributed by atoms with E-state index in [-0.39, 0.29) is 6.61 Å². The molecule has 0 rings (SSSR count). The van der Waals surface area contributed by atoms with Crippen molar-refractivity contribution in [2.75, 3.05) is 6.61 Å². The summed E-state index contributed by atoms with van der Waals surface area (Å²) in [5.41, 5.74) is -0.944. The summed E-state index contributed by atoms with van der Waals surface area (Å²) >= 11 is 0. The van der Waals surface area contributed by atoms with Gasteiger partial charge >= 0.3 is 5.97 Å². The lowest BCUT2D eigenvalue weighted by atomic mass is 9.89. The minimum atomic E-state index is -0.944. The number of hydrogen-bond acceptors (Lipinski definition) is 2. The predicted molar refractivity (Wildman–Crippen MR) is 33.1 cm³/mol. The van der Waals surface area contributed by atoms with Gasteiger partial charge in [-0.25, -0.2) is 0 Å². The maximum Gasteiger partial charge on any atom is 0.311 e. The molecule has 0 amide bonds. The van der Waals surface area contributed by atoms with Crippen LogP contribution in [0.15, 0.2) is 0 Å². The lowest BCUT2D eigenvalue weighted by Crippen LogP contribution is -2.30. The number of hydrogen-bond donors (Lipinski definition) is 2. The Hall–Kier alpha value is -0.570. The van der Waals surface area contributed by atoms with Crippen LogP contribution in [0.3, 0.4) is 0 Å². The molecular weight excluding hydrogens is 120 g/mol. The highest BCUT2D eigenvalue weighted by Gasteiger charge is 2.29. The van der Waals surface area contributed by atoms with E-state index in [2.05, 4.69) is 0 Å². The van der Waals surface area contributed by atoms with Crippen LogP contribution in [0, 0.1) is 5.41 Å². The van der Waals surface area contributed by atoms with E-state index in [1.165, 1.54) is 6.92 Å². The first kappa shape index (κ1) is 8.43. The monoisotopic (exact) mass is 132 g/mol. The Labute approximate surface area is 54.3 Å². The van der Waals surface area contributed by atoms with E-state index in [9.17, 15) is 4.79 Å². The summed E-state index contributed by atoms with van der Waals surface area (Å²) in [5.74, 6) is -0.937. The molecule has 0 aromatic rings. The molecule has 1 atom stereocenters. The summed E-state index contributed by atoms with van der Waals surface area (Å²) in [5, 5.41) is 17.0. The van der Waals surface area contributed by atoms with Crippen LogP contribution in [-0.4, -0.2) is 22.8 Å². The highest BCUT2D eigenvalue weighted by molar-refractivity contribution is 5.74. The SMILES string of the molecule is CCC(C)(CO)C(=O)O. The number of aliphatic hydroxyl groups is 1. The van der Waals surface area contributed by atoms with Gasteiger partial charge in [0.2, 0.25) is 0 Å². The highest BCUT2D eigenvalue weighted by atomic mass is 16.4. The first-order valence-electron chi connectivity index (χ1n) is 2.91. The molecule has 0 fully saturated rings. The zero-order chi connectivity index (χ0) is 7.49. The van der Waals surface area contributed by atoms with Gasteiger partial charge in [0, 0.05) is 0 Å². The van der Waals surface area contributed by atoms with Crippen molar-refractivity contribution in [2.45, 2.75) is 20.3 Å². The average Bonchev–Trinajstić information content (AvgIpc) is 1.86. The summed E-state index contributed by atoms with van der Waals surface area (Å²) in [6, 6.07) is 0. The molecule has 0 bridgehead atoms. The largest absolute Gasteiger partial charge is 0.481 e. The molecule has 0 heterocycles. The molecule has 9 heavy (non-hydrogen) atoms. The minimum Gasteiger partial charge on any atom is -0.481 e. The maximum atomic E-state index is 10.3. The van der Waals surface area contributed by atoms with Gasteiger partial charge in [-0.2, -0.15) is 0 Å². The van der Waals surface area contributed by atoms with E-state index in [1.807, 2.05) is 0 Å². The summed E-state index contributed by atoms with van der Waals surface area (Å²) < 4.78 is 0. The Balaban J connectivity index is 4.09. The van der Waals surface area contributed by atoms with Gasteiger partial charge < -0.3 is 10.2 Å². The van der Waals surface area contributed by atoms with Gasteiger partial charge in [-0.3, -0.25) is 4.79 Å². The maximum absolute atomic E-state index is 10.3. The van der Waals surface area contributed by atoms with Gasteiger partial charge in [-0.05, 0) is 13.3 Å². The molecule has 54 valence electrons. The number of aliphatic carboxylic acids is 1. The molecule has 1 unspecified atom stereocenters. The molecular formula is C6H12O3. The molecule has 0 aromatic heterocycles. The van der Waals surface area contributed by atoms with Crippen molar-refractivity contribution in [2.24, 2.45) is 5.41 Å². The Kier molecular flexibility index (Phi) is 2.65. The molecule has 0 spiro atoms.